The van der Waals surface area contributed by atoms with E-state index in [0.29, 0.717) is 37.0 Å². The standard InChI is InChI=1S/C19H22ClN3O5/c20-14-5-1-2-6-15(14)22-7-9-23(10-8-22)19(27)17(25)16(24)18(26)21-12-13-4-3-11-28-13/h1-6,11,16-17,24-25H,7-10,12H2,(H,21,26)/t16-,17-/m1/s1. The van der Waals surface area contributed by atoms with Crippen LogP contribution >= 0.6 is 11.6 Å². The molecule has 0 saturated carbocycles. The Balaban J connectivity index is 1.51. The maximum absolute atomic E-state index is 12.5. The Morgan fingerprint density at radius 2 is 1.79 bits per heavy atom. The Labute approximate surface area is 167 Å². The number of nitrogens with zero attached hydrogens (tertiary/aromatic N) is 2. The van der Waals surface area contributed by atoms with Gasteiger partial charge in [-0.3, -0.25) is 9.59 Å². The van der Waals surface area contributed by atoms with Gasteiger partial charge in [0.1, 0.15) is 5.76 Å². The Morgan fingerprint density at radius 1 is 1.07 bits per heavy atom. The highest BCUT2D eigenvalue weighted by molar-refractivity contribution is 6.33. The van der Waals surface area contributed by atoms with Crippen LogP contribution in [0.4, 0.5) is 5.69 Å². The maximum atomic E-state index is 12.5. The van der Waals surface area contributed by atoms with Crippen LogP contribution in [0.1, 0.15) is 5.76 Å². The van der Waals surface area contributed by atoms with Gasteiger partial charge >= 0.3 is 0 Å². The van der Waals surface area contributed by atoms with Crippen LogP contribution in [0.25, 0.3) is 0 Å². The fourth-order valence-corrected chi connectivity index (χ4v) is 3.29. The van der Waals surface area contributed by atoms with Crippen LogP contribution in [0.3, 0.4) is 0 Å². The number of nitrogens with one attached hydrogen (secondary N) is 1. The number of hydrogen-bond acceptors (Lipinski definition) is 6. The zero-order valence-electron chi connectivity index (χ0n) is 15.1. The minimum Gasteiger partial charge on any atom is -0.467 e. The third kappa shape index (κ3) is 4.64. The van der Waals surface area contributed by atoms with Crippen molar-refractivity contribution < 1.29 is 24.2 Å². The molecule has 9 heteroatoms. The summed E-state index contributed by atoms with van der Waals surface area (Å²) in [6.07, 6.45) is -2.23. The second-order valence-corrected chi connectivity index (χ2v) is 6.86. The van der Waals surface area contributed by atoms with Crippen molar-refractivity contribution in [1.82, 2.24) is 10.2 Å². The zero-order valence-corrected chi connectivity index (χ0v) is 15.9. The molecule has 3 N–H and O–H groups in total. The van der Waals surface area contributed by atoms with E-state index < -0.39 is 24.0 Å². The molecule has 0 unspecified atom stereocenters. The van der Waals surface area contributed by atoms with Gasteiger partial charge in [-0.05, 0) is 24.3 Å². The van der Waals surface area contributed by atoms with Crippen LogP contribution in [0.2, 0.25) is 5.02 Å². The van der Waals surface area contributed by atoms with E-state index in [2.05, 4.69) is 5.32 Å². The van der Waals surface area contributed by atoms with Crippen molar-refractivity contribution in [3.05, 3.63) is 53.4 Å². The van der Waals surface area contributed by atoms with Crippen LogP contribution < -0.4 is 10.2 Å². The molecule has 1 aliphatic rings. The van der Waals surface area contributed by atoms with Gasteiger partial charge in [0.05, 0.1) is 23.5 Å². The van der Waals surface area contributed by atoms with Gasteiger partial charge in [-0.1, -0.05) is 23.7 Å². The number of benzene rings is 1. The monoisotopic (exact) mass is 407 g/mol. The summed E-state index contributed by atoms with van der Waals surface area (Å²) in [6, 6.07) is 10.8. The molecule has 0 bridgehead atoms. The number of aliphatic hydroxyl groups excluding tert-OH is 2. The first-order chi connectivity index (χ1) is 13.5. The number of rotatable bonds is 6. The second-order valence-electron chi connectivity index (χ2n) is 6.45. The molecule has 2 aromatic rings. The summed E-state index contributed by atoms with van der Waals surface area (Å²) >= 11 is 6.20. The lowest BCUT2D eigenvalue weighted by molar-refractivity contribution is -0.153. The lowest BCUT2D eigenvalue weighted by Crippen LogP contribution is -2.55. The van der Waals surface area contributed by atoms with Crippen molar-refractivity contribution in [3.63, 3.8) is 0 Å². The number of para-hydroxylation sites is 1. The largest absolute Gasteiger partial charge is 0.467 e. The van der Waals surface area contributed by atoms with Gasteiger partial charge in [0.25, 0.3) is 11.8 Å². The van der Waals surface area contributed by atoms with E-state index in [1.807, 2.05) is 23.1 Å². The minimum atomic E-state index is -1.86. The predicted octanol–water partition coefficient (Wildman–Crippen LogP) is 0.620. The molecular weight excluding hydrogens is 386 g/mol. The van der Waals surface area contributed by atoms with Gasteiger partial charge in [0, 0.05) is 26.2 Å². The molecule has 28 heavy (non-hydrogen) atoms. The molecule has 0 spiro atoms. The van der Waals surface area contributed by atoms with Gasteiger partial charge in [-0.2, -0.15) is 0 Å². The predicted molar refractivity (Wildman–Crippen MR) is 103 cm³/mol. The average molecular weight is 408 g/mol. The van der Waals surface area contributed by atoms with Gasteiger partial charge in [-0.25, -0.2) is 0 Å². The van der Waals surface area contributed by atoms with Crippen molar-refractivity contribution in [2.24, 2.45) is 0 Å². The van der Waals surface area contributed by atoms with Crippen LogP contribution in [-0.4, -0.2) is 65.3 Å². The molecule has 2 amide bonds. The van der Waals surface area contributed by atoms with Crippen LogP contribution in [0, 0.1) is 0 Å². The van der Waals surface area contributed by atoms with Gasteiger partial charge in [0.15, 0.2) is 12.2 Å². The Bertz CT molecular complexity index is 806. The molecule has 1 aromatic heterocycles. The highest BCUT2D eigenvalue weighted by Gasteiger charge is 2.34. The van der Waals surface area contributed by atoms with E-state index in [4.69, 9.17) is 16.0 Å². The first-order valence-corrected chi connectivity index (χ1v) is 9.29. The summed E-state index contributed by atoms with van der Waals surface area (Å²) in [5.74, 6) is -1.02. The molecule has 1 aliphatic heterocycles. The van der Waals surface area contributed by atoms with E-state index in [0.717, 1.165) is 5.69 Å². The van der Waals surface area contributed by atoms with Crippen LogP contribution in [0.15, 0.2) is 47.1 Å². The lowest BCUT2D eigenvalue weighted by atomic mass is 10.1. The van der Waals surface area contributed by atoms with E-state index in [9.17, 15) is 19.8 Å². The van der Waals surface area contributed by atoms with E-state index in [1.54, 1.807) is 18.2 Å². The number of halogens is 1. The Morgan fingerprint density at radius 3 is 2.43 bits per heavy atom. The molecule has 8 nitrogen and oxygen atoms in total. The zero-order chi connectivity index (χ0) is 20.1. The molecule has 1 fully saturated rings. The number of carbonyl (C=O) groups is 2. The quantitative estimate of drug-likeness (QED) is 0.648. The third-order valence-electron chi connectivity index (χ3n) is 4.62. The number of furan rings is 1. The van der Waals surface area contributed by atoms with Crippen molar-refractivity contribution >= 4 is 29.1 Å². The third-order valence-corrected chi connectivity index (χ3v) is 4.94. The second kappa shape index (κ2) is 9.09. The van der Waals surface area contributed by atoms with E-state index >= 15 is 0 Å². The SMILES string of the molecule is O=C(NCc1ccco1)[C@H](O)[C@@H](O)C(=O)N1CCN(c2ccccc2Cl)CC1. The van der Waals surface area contributed by atoms with E-state index in [1.165, 1.54) is 11.2 Å². The number of carbonyl (C=O) groups excluding carboxylic acids is 2. The fourth-order valence-electron chi connectivity index (χ4n) is 3.03. The smallest absolute Gasteiger partial charge is 0.254 e. The topological polar surface area (TPSA) is 106 Å². The van der Waals surface area contributed by atoms with Gasteiger partial charge < -0.3 is 29.7 Å². The molecule has 150 valence electrons. The molecule has 2 atom stereocenters. The summed E-state index contributed by atoms with van der Waals surface area (Å²) in [6.45, 7) is 1.82. The number of anilines is 1. The molecular formula is C19H22ClN3O5. The highest BCUT2D eigenvalue weighted by Crippen LogP contribution is 2.26. The molecule has 3 rings (SSSR count). The highest BCUT2D eigenvalue weighted by atomic mass is 35.5. The van der Waals surface area contributed by atoms with Crippen molar-refractivity contribution in [2.45, 2.75) is 18.8 Å². The van der Waals surface area contributed by atoms with Gasteiger partial charge in [0.2, 0.25) is 0 Å². The Kier molecular flexibility index (Phi) is 6.56. The van der Waals surface area contributed by atoms with Crippen LogP contribution in [-0.2, 0) is 16.1 Å². The maximum Gasteiger partial charge on any atom is 0.254 e. The molecule has 2 heterocycles. The van der Waals surface area contributed by atoms with Crippen molar-refractivity contribution in [2.75, 3.05) is 31.1 Å². The summed E-state index contributed by atoms with van der Waals surface area (Å²) in [7, 11) is 0. The summed E-state index contributed by atoms with van der Waals surface area (Å²) in [4.78, 5) is 27.9. The number of amides is 2. The molecule has 1 aromatic carbocycles. The number of piperazine rings is 1. The summed E-state index contributed by atoms with van der Waals surface area (Å²) < 4.78 is 5.07. The van der Waals surface area contributed by atoms with Crippen molar-refractivity contribution in [3.8, 4) is 0 Å². The minimum absolute atomic E-state index is 0.0559. The fraction of sp³-hybridized carbons (Fsp3) is 0.368. The van der Waals surface area contributed by atoms with Gasteiger partial charge in [-0.15, -0.1) is 0 Å². The first kappa shape index (κ1) is 20.2. The van der Waals surface area contributed by atoms with Crippen molar-refractivity contribution in [1.29, 1.82) is 0 Å². The Hall–Kier alpha value is -2.55. The molecule has 1 saturated heterocycles. The molecule has 0 aliphatic carbocycles. The normalized spacial score (nSPS) is 16.5. The first-order valence-electron chi connectivity index (χ1n) is 8.92. The number of hydrogen-bond donors (Lipinski definition) is 3. The molecule has 0 radical (unpaired) electrons. The van der Waals surface area contributed by atoms with Crippen LogP contribution in [0.5, 0.6) is 0 Å². The number of aliphatic hydroxyl groups is 2. The average Bonchev–Trinajstić information content (AvgIpc) is 3.24. The summed E-state index contributed by atoms with van der Waals surface area (Å²) in [5, 5.41) is 23.2. The summed E-state index contributed by atoms with van der Waals surface area (Å²) in [5.41, 5.74) is 0.883. The lowest BCUT2D eigenvalue weighted by Gasteiger charge is -2.37. The van der Waals surface area contributed by atoms with E-state index in [-0.39, 0.29) is 6.54 Å².